The fourth-order valence-electron chi connectivity index (χ4n) is 2.04. The number of carbonyl (C=O) groups is 1. The van der Waals surface area contributed by atoms with Gasteiger partial charge >= 0.3 is 0 Å². The molecular formula is C16H20N2O2S. The summed E-state index contributed by atoms with van der Waals surface area (Å²) in [5.74, 6) is 0.292. The molecule has 1 aromatic heterocycles. The van der Waals surface area contributed by atoms with E-state index in [0.29, 0.717) is 19.4 Å². The van der Waals surface area contributed by atoms with E-state index in [1.54, 1.807) is 29.5 Å². The van der Waals surface area contributed by atoms with Gasteiger partial charge in [0.15, 0.2) is 0 Å². The van der Waals surface area contributed by atoms with Crippen LogP contribution in [0, 0.1) is 6.92 Å². The third-order valence-corrected chi connectivity index (χ3v) is 4.13. The number of phenolic OH excluding ortho intramolecular Hbond substituents is 1. The molecule has 1 amide bonds. The Morgan fingerprint density at radius 3 is 2.95 bits per heavy atom. The van der Waals surface area contributed by atoms with Crippen molar-refractivity contribution in [1.82, 2.24) is 10.3 Å². The zero-order chi connectivity index (χ0) is 15.1. The van der Waals surface area contributed by atoms with E-state index >= 15 is 0 Å². The van der Waals surface area contributed by atoms with Crippen molar-refractivity contribution in [2.24, 2.45) is 0 Å². The summed E-state index contributed by atoms with van der Waals surface area (Å²) in [6.07, 6.45) is 2.90. The molecule has 112 valence electrons. The summed E-state index contributed by atoms with van der Waals surface area (Å²) in [6.45, 7) is 2.67. The molecule has 0 aliphatic carbocycles. The zero-order valence-electron chi connectivity index (χ0n) is 12.1. The molecule has 4 nitrogen and oxygen atoms in total. The van der Waals surface area contributed by atoms with Crippen LogP contribution in [-0.2, 0) is 17.6 Å². The fourth-order valence-corrected chi connectivity index (χ4v) is 2.86. The quantitative estimate of drug-likeness (QED) is 0.773. The largest absolute Gasteiger partial charge is 0.508 e. The minimum Gasteiger partial charge on any atom is -0.508 e. The lowest BCUT2D eigenvalue weighted by Crippen LogP contribution is -2.24. The third-order valence-electron chi connectivity index (χ3n) is 3.11. The number of hydrogen-bond donors (Lipinski definition) is 2. The van der Waals surface area contributed by atoms with E-state index < -0.39 is 0 Å². The molecule has 0 saturated heterocycles. The summed E-state index contributed by atoms with van der Waals surface area (Å²) in [7, 11) is 0. The van der Waals surface area contributed by atoms with Gasteiger partial charge in [0.1, 0.15) is 5.75 Å². The van der Waals surface area contributed by atoms with E-state index in [-0.39, 0.29) is 11.7 Å². The van der Waals surface area contributed by atoms with Crippen molar-refractivity contribution in [3.05, 3.63) is 45.9 Å². The second kappa shape index (κ2) is 7.78. The molecule has 2 aromatic rings. The monoisotopic (exact) mass is 304 g/mol. The van der Waals surface area contributed by atoms with Crippen molar-refractivity contribution in [3.8, 4) is 5.75 Å². The Morgan fingerprint density at radius 2 is 2.24 bits per heavy atom. The average Bonchev–Trinajstić information content (AvgIpc) is 2.87. The van der Waals surface area contributed by atoms with E-state index in [9.17, 15) is 9.90 Å². The lowest BCUT2D eigenvalue weighted by molar-refractivity contribution is -0.121. The Morgan fingerprint density at radius 1 is 1.38 bits per heavy atom. The Hall–Kier alpha value is -1.88. The van der Waals surface area contributed by atoms with E-state index in [4.69, 9.17) is 0 Å². The Kier molecular flexibility index (Phi) is 5.75. The summed E-state index contributed by atoms with van der Waals surface area (Å²) in [6, 6.07) is 7.03. The smallest absolute Gasteiger partial charge is 0.220 e. The number of benzene rings is 1. The van der Waals surface area contributed by atoms with E-state index in [0.717, 1.165) is 29.1 Å². The van der Waals surface area contributed by atoms with E-state index in [1.807, 2.05) is 18.4 Å². The number of amides is 1. The summed E-state index contributed by atoms with van der Waals surface area (Å²) in [5.41, 5.74) is 2.04. The Labute approximate surface area is 128 Å². The molecule has 0 saturated carbocycles. The van der Waals surface area contributed by atoms with Crippen molar-refractivity contribution in [2.75, 3.05) is 6.54 Å². The maximum atomic E-state index is 11.7. The van der Waals surface area contributed by atoms with Crippen LogP contribution in [-0.4, -0.2) is 22.5 Å². The molecule has 0 aliphatic rings. The molecule has 0 bridgehead atoms. The normalized spacial score (nSPS) is 10.5. The number of aromatic nitrogens is 1. The molecule has 2 N–H and O–H groups in total. The minimum absolute atomic E-state index is 0.0497. The fraction of sp³-hybridized carbons (Fsp3) is 0.375. The van der Waals surface area contributed by atoms with Crippen LogP contribution < -0.4 is 5.32 Å². The van der Waals surface area contributed by atoms with Gasteiger partial charge in [0, 0.05) is 30.5 Å². The third kappa shape index (κ3) is 5.55. The van der Waals surface area contributed by atoms with Gasteiger partial charge in [0.25, 0.3) is 0 Å². The van der Waals surface area contributed by atoms with Gasteiger partial charge in [0.05, 0.1) is 5.01 Å². The van der Waals surface area contributed by atoms with E-state index in [2.05, 4.69) is 10.3 Å². The standard InChI is InChI=1S/C16H20N2O2S/c1-12-11-21-16(18-12)6-3-9-17-15(20)8-7-13-4-2-5-14(19)10-13/h2,4-5,10-11,19H,3,6-9H2,1H3,(H,17,20). The van der Waals surface area contributed by atoms with Crippen LogP contribution in [0.5, 0.6) is 5.75 Å². The summed E-state index contributed by atoms with van der Waals surface area (Å²) < 4.78 is 0. The highest BCUT2D eigenvalue weighted by Crippen LogP contribution is 2.12. The van der Waals surface area contributed by atoms with Gasteiger partial charge < -0.3 is 10.4 Å². The first-order valence-electron chi connectivity index (χ1n) is 7.09. The van der Waals surface area contributed by atoms with Crippen LogP contribution in [0.15, 0.2) is 29.6 Å². The predicted octanol–water partition coefficient (Wildman–Crippen LogP) is 2.84. The molecule has 1 aromatic carbocycles. The Bertz CT molecular complexity index is 595. The average molecular weight is 304 g/mol. The maximum Gasteiger partial charge on any atom is 0.220 e. The molecule has 0 atom stereocenters. The van der Waals surface area contributed by atoms with Crippen LogP contribution in [0.2, 0.25) is 0 Å². The van der Waals surface area contributed by atoms with Crippen molar-refractivity contribution >= 4 is 17.2 Å². The number of thiazole rings is 1. The molecule has 2 rings (SSSR count). The molecule has 0 spiro atoms. The number of hydrogen-bond acceptors (Lipinski definition) is 4. The van der Waals surface area contributed by atoms with Crippen LogP contribution in [0.1, 0.15) is 29.1 Å². The van der Waals surface area contributed by atoms with Crippen molar-refractivity contribution in [3.63, 3.8) is 0 Å². The number of carbonyl (C=O) groups excluding carboxylic acids is 1. The second-order valence-corrected chi connectivity index (χ2v) is 5.95. The highest BCUT2D eigenvalue weighted by atomic mass is 32.1. The van der Waals surface area contributed by atoms with Gasteiger partial charge in [-0.2, -0.15) is 0 Å². The predicted molar refractivity (Wildman–Crippen MR) is 84.6 cm³/mol. The van der Waals surface area contributed by atoms with Gasteiger partial charge in [-0.05, 0) is 37.5 Å². The van der Waals surface area contributed by atoms with Crippen LogP contribution >= 0.6 is 11.3 Å². The van der Waals surface area contributed by atoms with Gasteiger partial charge in [-0.3, -0.25) is 4.79 Å². The maximum absolute atomic E-state index is 11.7. The molecule has 0 fully saturated rings. The van der Waals surface area contributed by atoms with Crippen LogP contribution in [0.3, 0.4) is 0 Å². The van der Waals surface area contributed by atoms with Crippen molar-refractivity contribution < 1.29 is 9.90 Å². The van der Waals surface area contributed by atoms with E-state index in [1.165, 1.54) is 0 Å². The summed E-state index contributed by atoms with van der Waals surface area (Å²) >= 11 is 1.67. The van der Waals surface area contributed by atoms with Crippen LogP contribution in [0.25, 0.3) is 0 Å². The highest BCUT2D eigenvalue weighted by molar-refractivity contribution is 7.09. The van der Waals surface area contributed by atoms with Gasteiger partial charge in [-0.25, -0.2) is 4.98 Å². The molecule has 1 heterocycles. The molecule has 0 unspecified atom stereocenters. The number of rotatable bonds is 7. The highest BCUT2D eigenvalue weighted by Gasteiger charge is 2.03. The number of aryl methyl sites for hydroxylation is 3. The Balaban J connectivity index is 1.61. The zero-order valence-corrected chi connectivity index (χ0v) is 12.9. The summed E-state index contributed by atoms with van der Waals surface area (Å²) in [5, 5.41) is 15.4. The molecule has 0 radical (unpaired) electrons. The van der Waals surface area contributed by atoms with Crippen LogP contribution in [0.4, 0.5) is 0 Å². The SMILES string of the molecule is Cc1csc(CCCNC(=O)CCc2cccc(O)c2)n1. The number of nitrogens with zero attached hydrogens (tertiary/aromatic N) is 1. The van der Waals surface area contributed by atoms with Gasteiger partial charge in [0.2, 0.25) is 5.91 Å². The summed E-state index contributed by atoms with van der Waals surface area (Å²) in [4.78, 5) is 16.1. The topological polar surface area (TPSA) is 62.2 Å². The lowest BCUT2D eigenvalue weighted by atomic mass is 10.1. The van der Waals surface area contributed by atoms with Gasteiger partial charge in [-0.15, -0.1) is 11.3 Å². The first-order chi connectivity index (χ1) is 10.1. The van der Waals surface area contributed by atoms with Crippen molar-refractivity contribution in [2.45, 2.75) is 32.6 Å². The minimum atomic E-state index is 0.0497. The molecule has 0 aliphatic heterocycles. The number of phenols is 1. The first-order valence-corrected chi connectivity index (χ1v) is 7.97. The first kappa shape index (κ1) is 15.5. The second-order valence-electron chi connectivity index (χ2n) is 5.01. The lowest BCUT2D eigenvalue weighted by Gasteiger charge is -2.05. The van der Waals surface area contributed by atoms with Gasteiger partial charge in [-0.1, -0.05) is 12.1 Å². The molecular weight excluding hydrogens is 284 g/mol. The molecule has 21 heavy (non-hydrogen) atoms. The number of nitrogens with one attached hydrogen (secondary N) is 1. The molecule has 5 heteroatoms. The number of aromatic hydroxyl groups is 1. The van der Waals surface area contributed by atoms with Crippen molar-refractivity contribution in [1.29, 1.82) is 0 Å².